The second kappa shape index (κ2) is 8.60. The molecule has 114 valence electrons. The highest BCUT2D eigenvalue weighted by Gasteiger charge is 2.15. The molecule has 0 spiro atoms. The molecule has 1 aromatic heterocycles. The van der Waals surface area contributed by atoms with Gasteiger partial charge in [0.25, 0.3) is 0 Å². The molecule has 1 aliphatic carbocycles. The highest BCUT2D eigenvalue weighted by atomic mass is 35.5. The molecule has 3 N–H and O–H groups in total. The molecule has 0 fully saturated rings. The van der Waals surface area contributed by atoms with Crippen molar-refractivity contribution in [3.63, 3.8) is 0 Å². The van der Waals surface area contributed by atoms with Gasteiger partial charge in [-0.1, -0.05) is 13.3 Å². The number of aryl methyl sites for hydroxylation is 2. The van der Waals surface area contributed by atoms with Crippen LogP contribution in [-0.2, 0) is 24.1 Å². The van der Waals surface area contributed by atoms with E-state index in [-0.39, 0.29) is 24.4 Å². The number of hydrogen-bond acceptors (Lipinski definition) is 4. The number of hydrogen-bond donors (Lipinski definition) is 2. The Hall–Kier alpha value is -0.650. The summed E-state index contributed by atoms with van der Waals surface area (Å²) in [6, 6.07) is -0.366. The summed E-state index contributed by atoms with van der Waals surface area (Å²) in [6.07, 6.45) is 7.36. The van der Waals surface area contributed by atoms with E-state index in [1.165, 1.54) is 29.8 Å². The third kappa shape index (κ3) is 4.72. The van der Waals surface area contributed by atoms with Crippen LogP contribution in [0.1, 0.15) is 48.2 Å². The minimum Gasteiger partial charge on any atom is -0.354 e. The van der Waals surface area contributed by atoms with Crippen LogP contribution in [0, 0.1) is 0 Å². The number of carbonyl (C=O) groups is 1. The third-order valence-corrected chi connectivity index (χ3v) is 4.68. The Kier molecular flexibility index (Phi) is 7.48. The van der Waals surface area contributed by atoms with Crippen LogP contribution in [0.15, 0.2) is 0 Å². The number of halogens is 1. The largest absolute Gasteiger partial charge is 0.354 e. The molecule has 1 atom stereocenters. The number of amides is 1. The topological polar surface area (TPSA) is 68.0 Å². The fourth-order valence-electron chi connectivity index (χ4n) is 2.38. The lowest BCUT2D eigenvalue weighted by atomic mass is 10.0. The van der Waals surface area contributed by atoms with Crippen LogP contribution in [0.2, 0.25) is 0 Å². The molecule has 0 radical (unpaired) electrons. The zero-order valence-electron chi connectivity index (χ0n) is 12.0. The first kappa shape index (κ1) is 17.4. The lowest BCUT2D eigenvalue weighted by Gasteiger charge is -2.10. The molecule has 1 unspecified atom stereocenters. The minimum atomic E-state index is -0.366. The van der Waals surface area contributed by atoms with Crippen LogP contribution in [0.5, 0.6) is 0 Å². The number of nitrogens with one attached hydrogen (secondary N) is 1. The van der Waals surface area contributed by atoms with Gasteiger partial charge in [-0.25, -0.2) is 4.98 Å². The van der Waals surface area contributed by atoms with E-state index >= 15 is 0 Å². The predicted octanol–water partition coefficient (Wildman–Crippen LogP) is 2.23. The van der Waals surface area contributed by atoms with Crippen LogP contribution in [-0.4, -0.2) is 23.5 Å². The number of aromatic nitrogens is 1. The van der Waals surface area contributed by atoms with E-state index in [0.29, 0.717) is 6.54 Å². The summed E-state index contributed by atoms with van der Waals surface area (Å²) in [5, 5.41) is 4.05. The van der Waals surface area contributed by atoms with Crippen molar-refractivity contribution in [1.82, 2.24) is 10.3 Å². The summed E-state index contributed by atoms with van der Waals surface area (Å²) in [5.74, 6) is -0.0387. The highest BCUT2D eigenvalue weighted by Crippen LogP contribution is 2.26. The molecule has 1 aliphatic rings. The van der Waals surface area contributed by atoms with Crippen molar-refractivity contribution >= 4 is 29.7 Å². The van der Waals surface area contributed by atoms with Crippen LogP contribution >= 0.6 is 23.7 Å². The number of nitrogens with zero attached hydrogens (tertiary/aromatic N) is 1. The Morgan fingerprint density at radius 2 is 2.20 bits per heavy atom. The maximum Gasteiger partial charge on any atom is 0.236 e. The summed E-state index contributed by atoms with van der Waals surface area (Å²) in [5.41, 5.74) is 7.05. The van der Waals surface area contributed by atoms with Gasteiger partial charge in [0, 0.05) is 17.8 Å². The van der Waals surface area contributed by atoms with E-state index in [2.05, 4.69) is 10.3 Å². The highest BCUT2D eigenvalue weighted by molar-refractivity contribution is 7.11. The van der Waals surface area contributed by atoms with Crippen LogP contribution in [0.25, 0.3) is 0 Å². The van der Waals surface area contributed by atoms with Crippen molar-refractivity contribution in [2.24, 2.45) is 5.73 Å². The monoisotopic (exact) mass is 317 g/mol. The first-order chi connectivity index (χ1) is 9.20. The lowest BCUT2D eigenvalue weighted by Crippen LogP contribution is -2.41. The second-order valence-electron chi connectivity index (χ2n) is 5.12. The van der Waals surface area contributed by atoms with E-state index in [9.17, 15) is 4.79 Å². The average molecular weight is 318 g/mol. The van der Waals surface area contributed by atoms with E-state index < -0.39 is 0 Å². The summed E-state index contributed by atoms with van der Waals surface area (Å²) < 4.78 is 0. The maximum absolute atomic E-state index is 11.7. The van der Waals surface area contributed by atoms with Gasteiger partial charge in [0.15, 0.2) is 0 Å². The quantitative estimate of drug-likeness (QED) is 0.845. The van der Waals surface area contributed by atoms with Gasteiger partial charge in [-0.05, 0) is 32.1 Å². The molecule has 0 aliphatic heterocycles. The Bertz CT molecular complexity index is 413. The molecule has 1 heterocycles. The van der Waals surface area contributed by atoms with Crippen molar-refractivity contribution in [2.45, 2.75) is 57.9 Å². The molecule has 1 aromatic rings. The summed E-state index contributed by atoms with van der Waals surface area (Å²) >= 11 is 1.81. The van der Waals surface area contributed by atoms with Crippen molar-refractivity contribution in [1.29, 1.82) is 0 Å². The lowest BCUT2D eigenvalue weighted by molar-refractivity contribution is -0.122. The second-order valence-corrected chi connectivity index (χ2v) is 6.29. The maximum atomic E-state index is 11.7. The Morgan fingerprint density at radius 3 is 2.90 bits per heavy atom. The Balaban J connectivity index is 0.00000200. The number of rotatable bonds is 6. The first-order valence-electron chi connectivity index (χ1n) is 7.21. The van der Waals surface area contributed by atoms with Crippen LogP contribution in [0.3, 0.4) is 0 Å². The Morgan fingerprint density at radius 1 is 1.45 bits per heavy atom. The molecule has 0 bridgehead atoms. The number of thiazole rings is 1. The molecular formula is C14H24ClN3OS. The van der Waals surface area contributed by atoms with Gasteiger partial charge in [0.1, 0.15) is 0 Å². The average Bonchev–Trinajstić information content (AvgIpc) is 2.81. The van der Waals surface area contributed by atoms with Crippen LogP contribution in [0.4, 0.5) is 0 Å². The zero-order valence-corrected chi connectivity index (χ0v) is 13.6. The minimum absolute atomic E-state index is 0. The molecule has 20 heavy (non-hydrogen) atoms. The molecule has 2 rings (SSSR count). The number of nitrogens with two attached hydrogens (primary N) is 1. The molecule has 4 nitrogen and oxygen atoms in total. The summed E-state index contributed by atoms with van der Waals surface area (Å²) in [4.78, 5) is 17.8. The van der Waals surface area contributed by atoms with E-state index in [0.717, 1.165) is 30.7 Å². The normalized spacial score (nSPS) is 15.1. The molecule has 1 amide bonds. The zero-order chi connectivity index (χ0) is 13.7. The first-order valence-corrected chi connectivity index (χ1v) is 8.03. The molecule has 0 saturated carbocycles. The van der Waals surface area contributed by atoms with Gasteiger partial charge >= 0.3 is 0 Å². The molecule has 6 heteroatoms. The van der Waals surface area contributed by atoms with Gasteiger partial charge in [-0.3, -0.25) is 4.79 Å². The van der Waals surface area contributed by atoms with Crippen molar-refractivity contribution in [3.05, 3.63) is 15.6 Å². The summed E-state index contributed by atoms with van der Waals surface area (Å²) in [7, 11) is 0. The van der Waals surface area contributed by atoms with E-state index in [1.54, 1.807) is 0 Å². The van der Waals surface area contributed by atoms with Crippen molar-refractivity contribution in [3.8, 4) is 0 Å². The van der Waals surface area contributed by atoms with Gasteiger partial charge in [-0.2, -0.15) is 0 Å². The number of carbonyl (C=O) groups excluding carboxylic acids is 1. The molecule has 0 saturated heterocycles. The van der Waals surface area contributed by atoms with Gasteiger partial charge in [0.05, 0.1) is 16.7 Å². The molecule has 0 aromatic carbocycles. The number of fused-ring (bicyclic) bond motifs is 1. The van der Waals surface area contributed by atoms with E-state index in [1.807, 2.05) is 18.3 Å². The van der Waals surface area contributed by atoms with Gasteiger partial charge in [-0.15, -0.1) is 23.7 Å². The predicted molar refractivity (Wildman–Crippen MR) is 85.6 cm³/mol. The standard InChI is InChI=1S/C14H23N3OS.ClH/c1-2-5-10(15)14(18)16-9-8-13-17-11-6-3-4-7-12(11)19-13;/h10H,2-9,15H2,1H3,(H,16,18);1H. The molecular weight excluding hydrogens is 294 g/mol. The fraction of sp³-hybridized carbons (Fsp3) is 0.714. The van der Waals surface area contributed by atoms with Crippen molar-refractivity contribution < 1.29 is 4.79 Å². The van der Waals surface area contributed by atoms with E-state index in [4.69, 9.17) is 5.73 Å². The smallest absolute Gasteiger partial charge is 0.236 e. The van der Waals surface area contributed by atoms with Gasteiger partial charge in [0.2, 0.25) is 5.91 Å². The van der Waals surface area contributed by atoms with Crippen molar-refractivity contribution in [2.75, 3.05) is 6.54 Å². The third-order valence-electron chi connectivity index (χ3n) is 3.46. The Labute approximate surface area is 131 Å². The van der Waals surface area contributed by atoms with Gasteiger partial charge < -0.3 is 11.1 Å². The SMILES string of the molecule is CCCC(N)C(=O)NCCc1nc2c(s1)CCCC2.Cl. The fourth-order valence-corrected chi connectivity index (χ4v) is 3.53. The van der Waals surface area contributed by atoms with Crippen LogP contribution < -0.4 is 11.1 Å². The summed E-state index contributed by atoms with van der Waals surface area (Å²) in [6.45, 7) is 2.68.